The van der Waals surface area contributed by atoms with Gasteiger partial charge in [0.2, 0.25) is 5.95 Å². The highest BCUT2D eigenvalue weighted by Crippen LogP contribution is 2.18. The zero-order chi connectivity index (χ0) is 17.6. The van der Waals surface area contributed by atoms with Gasteiger partial charge in [-0.05, 0) is 12.1 Å². The first-order valence-electron chi connectivity index (χ1n) is 8.00. The molecule has 2 aromatic rings. The number of aliphatic hydroxyl groups excluding tert-OH is 1. The zero-order valence-corrected chi connectivity index (χ0v) is 13.7. The predicted octanol–water partition coefficient (Wildman–Crippen LogP) is -0.0705. The van der Waals surface area contributed by atoms with Crippen LogP contribution in [0.4, 0.5) is 17.6 Å². The minimum Gasteiger partial charge on any atom is -0.460 e. The number of carbonyl (C=O) groups is 1. The van der Waals surface area contributed by atoms with Crippen molar-refractivity contribution in [2.45, 2.75) is 0 Å². The van der Waals surface area contributed by atoms with Gasteiger partial charge in [-0.1, -0.05) is 6.07 Å². The summed E-state index contributed by atoms with van der Waals surface area (Å²) in [6, 6.07) is 5.84. The lowest BCUT2D eigenvalue weighted by molar-refractivity contribution is 0.0434. The second-order valence-corrected chi connectivity index (χ2v) is 5.49. The van der Waals surface area contributed by atoms with E-state index in [-0.39, 0.29) is 24.6 Å². The van der Waals surface area contributed by atoms with Crippen LogP contribution in [0, 0.1) is 0 Å². The second-order valence-electron chi connectivity index (χ2n) is 5.49. The quantitative estimate of drug-likeness (QED) is 0.718. The lowest BCUT2D eigenvalue weighted by Gasteiger charge is -2.35. The number of anilines is 3. The van der Waals surface area contributed by atoms with Crippen molar-refractivity contribution in [3.05, 3.63) is 36.2 Å². The van der Waals surface area contributed by atoms with Crippen molar-refractivity contribution in [3.8, 4) is 0 Å². The molecule has 0 radical (unpaired) electrons. The molecule has 0 atom stereocenters. The summed E-state index contributed by atoms with van der Waals surface area (Å²) in [4.78, 5) is 28.8. The van der Waals surface area contributed by atoms with Gasteiger partial charge in [0.05, 0.1) is 6.61 Å². The third kappa shape index (κ3) is 3.94. The minimum absolute atomic E-state index is 0.0695. The Balaban J connectivity index is 1.64. The number of pyridine rings is 1. The SMILES string of the molecule is Nc1nc(N2CCN(c3ccccn3)CC2)ncc1C(=O)OCCO. The fourth-order valence-electron chi connectivity index (χ4n) is 2.59. The number of rotatable bonds is 5. The van der Waals surface area contributed by atoms with Gasteiger partial charge in [-0.2, -0.15) is 4.98 Å². The van der Waals surface area contributed by atoms with Crippen LogP contribution < -0.4 is 15.5 Å². The molecular formula is C16H20N6O3. The van der Waals surface area contributed by atoms with Crippen molar-refractivity contribution in [2.75, 3.05) is 54.9 Å². The van der Waals surface area contributed by atoms with E-state index in [1.165, 1.54) is 6.20 Å². The van der Waals surface area contributed by atoms with E-state index < -0.39 is 5.97 Å². The lowest BCUT2D eigenvalue weighted by atomic mass is 10.3. The Bertz CT molecular complexity index is 719. The van der Waals surface area contributed by atoms with E-state index in [0.717, 1.165) is 32.0 Å². The molecule has 2 aromatic heterocycles. The first-order chi connectivity index (χ1) is 12.2. The molecule has 1 aliphatic heterocycles. The Morgan fingerprint density at radius 2 is 1.96 bits per heavy atom. The van der Waals surface area contributed by atoms with Crippen molar-refractivity contribution >= 4 is 23.6 Å². The number of esters is 1. The molecule has 0 aliphatic carbocycles. The van der Waals surface area contributed by atoms with E-state index >= 15 is 0 Å². The average molecular weight is 344 g/mol. The number of aliphatic hydroxyl groups is 1. The molecule has 9 nitrogen and oxygen atoms in total. The summed E-state index contributed by atoms with van der Waals surface area (Å²) in [6.07, 6.45) is 3.14. The van der Waals surface area contributed by atoms with E-state index in [9.17, 15) is 4.79 Å². The van der Waals surface area contributed by atoms with Gasteiger partial charge in [-0.15, -0.1) is 0 Å². The van der Waals surface area contributed by atoms with Crippen LogP contribution in [0.1, 0.15) is 10.4 Å². The molecule has 0 saturated carbocycles. The van der Waals surface area contributed by atoms with E-state index in [2.05, 4.69) is 19.9 Å². The standard InChI is InChI=1S/C16H20N6O3/c17-14-12(15(24)25-10-9-23)11-19-16(20-14)22-7-5-21(6-8-22)13-3-1-2-4-18-13/h1-4,11,23H,5-10H2,(H2,17,19,20). The summed E-state index contributed by atoms with van der Waals surface area (Å²) in [7, 11) is 0. The Hall–Kier alpha value is -2.94. The molecule has 3 rings (SSSR count). The van der Waals surface area contributed by atoms with Crippen molar-refractivity contribution in [3.63, 3.8) is 0 Å². The summed E-state index contributed by atoms with van der Waals surface area (Å²) in [5.41, 5.74) is 5.96. The summed E-state index contributed by atoms with van der Waals surface area (Å²) >= 11 is 0. The van der Waals surface area contributed by atoms with Gasteiger partial charge in [0.25, 0.3) is 0 Å². The molecule has 0 amide bonds. The highest BCUT2D eigenvalue weighted by molar-refractivity contribution is 5.93. The molecule has 0 bridgehead atoms. The number of aromatic nitrogens is 3. The molecule has 132 valence electrons. The summed E-state index contributed by atoms with van der Waals surface area (Å²) in [6.45, 7) is 2.70. The smallest absolute Gasteiger partial charge is 0.343 e. The fraction of sp³-hybridized carbons (Fsp3) is 0.375. The topological polar surface area (TPSA) is 118 Å². The second kappa shape index (κ2) is 7.75. The number of piperazine rings is 1. The van der Waals surface area contributed by atoms with E-state index in [0.29, 0.717) is 5.95 Å². The van der Waals surface area contributed by atoms with E-state index in [4.69, 9.17) is 15.6 Å². The summed E-state index contributed by atoms with van der Waals surface area (Å²) < 4.78 is 4.83. The molecule has 9 heteroatoms. The number of ether oxygens (including phenoxy) is 1. The number of nitrogens with zero attached hydrogens (tertiary/aromatic N) is 5. The molecule has 3 heterocycles. The van der Waals surface area contributed by atoms with Gasteiger partial charge in [0.15, 0.2) is 0 Å². The molecule has 0 spiro atoms. The molecule has 1 fully saturated rings. The molecule has 0 unspecified atom stereocenters. The van der Waals surface area contributed by atoms with Gasteiger partial charge in [-0.25, -0.2) is 14.8 Å². The maximum absolute atomic E-state index is 11.8. The highest BCUT2D eigenvalue weighted by Gasteiger charge is 2.21. The molecule has 25 heavy (non-hydrogen) atoms. The van der Waals surface area contributed by atoms with Gasteiger partial charge in [0.1, 0.15) is 23.8 Å². The van der Waals surface area contributed by atoms with Gasteiger partial charge < -0.3 is 25.4 Å². The van der Waals surface area contributed by atoms with Crippen LogP contribution in [0.2, 0.25) is 0 Å². The van der Waals surface area contributed by atoms with Crippen molar-refractivity contribution in [1.82, 2.24) is 15.0 Å². The third-order valence-electron chi connectivity index (χ3n) is 3.89. The van der Waals surface area contributed by atoms with Crippen molar-refractivity contribution in [1.29, 1.82) is 0 Å². The number of hydrogen-bond acceptors (Lipinski definition) is 9. The largest absolute Gasteiger partial charge is 0.460 e. The average Bonchev–Trinajstić information content (AvgIpc) is 2.67. The maximum atomic E-state index is 11.8. The van der Waals surface area contributed by atoms with Crippen LogP contribution in [0.15, 0.2) is 30.6 Å². The minimum atomic E-state index is -0.641. The molecule has 3 N–H and O–H groups in total. The Kier molecular flexibility index (Phi) is 5.24. The van der Waals surface area contributed by atoms with Crippen LogP contribution in [0.25, 0.3) is 0 Å². The van der Waals surface area contributed by atoms with Gasteiger partial charge in [-0.3, -0.25) is 0 Å². The van der Waals surface area contributed by atoms with Gasteiger partial charge in [0, 0.05) is 38.6 Å². The number of hydrogen-bond donors (Lipinski definition) is 2. The van der Waals surface area contributed by atoms with Crippen LogP contribution in [-0.4, -0.2) is 65.4 Å². The fourth-order valence-corrected chi connectivity index (χ4v) is 2.59. The monoisotopic (exact) mass is 344 g/mol. The first kappa shape index (κ1) is 16.9. The van der Waals surface area contributed by atoms with Crippen LogP contribution in [0.3, 0.4) is 0 Å². The third-order valence-corrected chi connectivity index (χ3v) is 3.89. The lowest BCUT2D eigenvalue weighted by Crippen LogP contribution is -2.47. The summed E-state index contributed by atoms with van der Waals surface area (Å²) in [5, 5.41) is 8.69. The molecule has 1 saturated heterocycles. The normalized spacial score (nSPS) is 14.4. The van der Waals surface area contributed by atoms with Crippen molar-refractivity contribution < 1.29 is 14.6 Å². The van der Waals surface area contributed by atoms with E-state index in [1.807, 2.05) is 23.1 Å². The Morgan fingerprint density at radius 3 is 2.60 bits per heavy atom. The number of nitrogen functional groups attached to an aromatic ring is 1. The number of carbonyl (C=O) groups excluding carboxylic acids is 1. The van der Waals surface area contributed by atoms with Crippen LogP contribution in [-0.2, 0) is 4.74 Å². The number of nitrogens with two attached hydrogens (primary N) is 1. The van der Waals surface area contributed by atoms with Crippen LogP contribution >= 0.6 is 0 Å². The van der Waals surface area contributed by atoms with Gasteiger partial charge >= 0.3 is 5.97 Å². The van der Waals surface area contributed by atoms with Crippen LogP contribution in [0.5, 0.6) is 0 Å². The first-order valence-corrected chi connectivity index (χ1v) is 8.00. The highest BCUT2D eigenvalue weighted by atomic mass is 16.5. The van der Waals surface area contributed by atoms with E-state index in [1.54, 1.807) is 6.20 Å². The summed E-state index contributed by atoms with van der Waals surface area (Å²) in [5.74, 6) is 0.861. The molecule has 1 aliphatic rings. The zero-order valence-electron chi connectivity index (χ0n) is 13.7. The molecule has 0 aromatic carbocycles. The Morgan fingerprint density at radius 1 is 1.20 bits per heavy atom. The Labute approximate surface area is 145 Å². The molecular weight excluding hydrogens is 324 g/mol. The van der Waals surface area contributed by atoms with Crippen molar-refractivity contribution in [2.24, 2.45) is 0 Å². The predicted molar refractivity (Wildman–Crippen MR) is 92.5 cm³/mol. The maximum Gasteiger partial charge on any atom is 0.343 e.